The first-order chi connectivity index (χ1) is 9.36. The molecule has 2 heterocycles. The zero-order valence-electron chi connectivity index (χ0n) is 11.8. The number of halogens is 1. The summed E-state index contributed by atoms with van der Waals surface area (Å²) in [6.45, 7) is 6.58. The summed E-state index contributed by atoms with van der Waals surface area (Å²) in [4.78, 5) is 19.4. The molecule has 0 unspecified atom stereocenters. The van der Waals surface area contributed by atoms with E-state index in [4.69, 9.17) is 11.6 Å². The van der Waals surface area contributed by atoms with Gasteiger partial charge in [-0.25, -0.2) is 4.98 Å². The molecule has 0 bridgehead atoms. The number of nitrogens with one attached hydrogen (secondary N) is 2. The average Bonchev–Trinajstić information content (AvgIpc) is 2.87. The fourth-order valence-electron chi connectivity index (χ4n) is 1.76. The van der Waals surface area contributed by atoms with Crippen molar-refractivity contribution < 1.29 is 4.79 Å². The molecule has 0 aliphatic heterocycles. The quantitative estimate of drug-likeness (QED) is 0.853. The third-order valence-electron chi connectivity index (χ3n) is 2.94. The number of pyridine rings is 1. The first-order valence-corrected chi connectivity index (χ1v) is 6.82. The molecule has 0 fully saturated rings. The van der Waals surface area contributed by atoms with Gasteiger partial charge >= 0.3 is 0 Å². The van der Waals surface area contributed by atoms with E-state index in [2.05, 4.69) is 15.3 Å². The number of nitrogens with zero attached hydrogens (tertiary/aromatic N) is 1. The van der Waals surface area contributed by atoms with Crippen LogP contribution in [0.2, 0.25) is 5.15 Å². The Morgan fingerprint density at radius 3 is 2.75 bits per heavy atom. The smallest absolute Gasteiger partial charge is 0.251 e. The summed E-state index contributed by atoms with van der Waals surface area (Å²) >= 11 is 6.00. The van der Waals surface area contributed by atoms with Gasteiger partial charge in [0, 0.05) is 35.6 Å². The SMILES string of the molecule is CC(C)(C)c1cc(C(=O)NCc2cc[nH]c2)cc(Cl)n1. The number of aromatic nitrogens is 2. The Kier molecular flexibility index (Phi) is 4.14. The molecular weight excluding hydrogens is 274 g/mol. The molecule has 106 valence electrons. The van der Waals surface area contributed by atoms with Gasteiger partial charge in [0.2, 0.25) is 0 Å². The number of amides is 1. The second kappa shape index (κ2) is 5.67. The lowest BCUT2D eigenvalue weighted by Gasteiger charge is -2.18. The molecule has 2 aromatic rings. The van der Waals surface area contributed by atoms with Crippen molar-refractivity contribution in [2.45, 2.75) is 32.7 Å². The summed E-state index contributed by atoms with van der Waals surface area (Å²) in [5.74, 6) is -0.152. The number of H-pyrrole nitrogens is 1. The summed E-state index contributed by atoms with van der Waals surface area (Å²) in [5, 5.41) is 3.20. The van der Waals surface area contributed by atoms with E-state index in [9.17, 15) is 4.79 Å². The molecule has 2 N–H and O–H groups in total. The van der Waals surface area contributed by atoms with Crippen LogP contribution in [-0.4, -0.2) is 15.9 Å². The normalized spacial score (nSPS) is 11.4. The van der Waals surface area contributed by atoms with Gasteiger partial charge in [-0.3, -0.25) is 4.79 Å². The van der Waals surface area contributed by atoms with E-state index in [-0.39, 0.29) is 11.3 Å². The van der Waals surface area contributed by atoms with Crippen LogP contribution in [0.1, 0.15) is 42.4 Å². The van der Waals surface area contributed by atoms with Gasteiger partial charge in [0.15, 0.2) is 0 Å². The molecule has 0 atom stereocenters. The monoisotopic (exact) mass is 291 g/mol. The lowest BCUT2D eigenvalue weighted by atomic mass is 9.91. The first-order valence-electron chi connectivity index (χ1n) is 6.44. The van der Waals surface area contributed by atoms with Crippen LogP contribution < -0.4 is 5.32 Å². The lowest BCUT2D eigenvalue weighted by molar-refractivity contribution is 0.0950. The Bertz CT molecular complexity index is 600. The molecule has 0 aromatic carbocycles. The molecule has 0 aliphatic rings. The largest absolute Gasteiger partial charge is 0.367 e. The fourth-order valence-corrected chi connectivity index (χ4v) is 1.97. The lowest BCUT2D eigenvalue weighted by Crippen LogP contribution is -2.24. The molecule has 0 radical (unpaired) electrons. The molecule has 5 heteroatoms. The standard InChI is InChI=1S/C15H18ClN3O/c1-15(2,3)12-6-11(7-13(16)19-12)14(20)18-9-10-4-5-17-8-10/h4-8,17H,9H2,1-3H3,(H,18,20). The number of hydrogen-bond donors (Lipinski definition) is 2. The number of hydrogen-bond acceptors (Lipinski definition) is 2. The van der Waals surface area contributed by atoms with Crippen LogP contribution in [0, 0.1) is 0 Å². The van der Waals surface area contributed by atoms with Crippen molar-refractivity contribution in [2.24, 2.45) is 0 Å². The first kappa shape index (κ1) is 14.6. The van der Waals surface area contributed by atoms with Gasteiger partial charge in [0.1, 0.15) is 5.15 Å². The minimum Gasteiger partial charge on any atom is -0.367 e. The summed E-state index contributed by atoms with van der Waals surface area (Å²) in [6, 6.07) is 5.29. The predicted molar refractivity (Wildman–Crippen MR) is 79.9 cm³/mol. The topological polar surface area (TPSA) is 57.8 Å². The molecule has 0 spiro atoms. The van der Waals surface area contributed by atoms with Crippen molar-refractivity contribution in [3.05, 3.63) is 52.6 Å². The Balaban J connectivity index is 2.15. The van der Waals surface area contributed by atoms with Crippen LogP contribution in [0.3, 0.4) is 0 Å². The highest BCUT2D eigenvalue weighted by atomic mass is 35.5. The van der Waals surface area contributed by atoms with Gasteiger partial charge < -0.3 is 10.3 Å². The molecular formula is C15H18ClN3O. The minimum absolute atomic E-state index is 0.152. The van der Waals surface area contributed by atoms with E-state index >= 15 is 0 Å². The van der Waals surface area contributed by atoms with Gasteiger partial charge in [0.25, 0.3) is 5.91 Å². The third kappa shape index (κ3) is 3.61. The van der Waals surface area contributed by atoms with Crippen LogP contribution in [0.15, 0.2) is 30.6 Å². The summed E-state index contributed by atoms with van der Waals surface area (Å²) in [6.07, 6.45) is 3.67. The summed E-state index contributed by atoms with van der Waals surface area (Å²) in [7, 11) is 0. The van der Waals surface area contributed by atoms with Crippen molar-refractivity contribution in [1.82, 2.24) is 15.3 Å². The molecule has 2 aromatic heterocycles. The molecule has 20 heavy (non-hydrogen) atoms. The number of carbonyl (C=O) groups is 1. The van der Waals surface area contributed by atoms with Crippen LogP contribution in [0.4, 0.5) is 0 Å². The zero-order valence-corrected chi connectivity index (χ0v) is 12.6. The summed E-state index contributed by atoms with van der Waals surface area (Å²) in [5.41, 5.74) is 2.21. The maximum Gasteiger partial charge on any atom is 0.251 e. The van der Waals surface area contributed by atoms with Crippen LogP contribution in [-0.2, 0) is 12.0 Å². The van der Waals surface area contributed by atoms with E-state index in [0.29, 0.717) is 17.3 Å². The Morgan fingerprint density at radius 1 is 1.40 bits per heavy atom. The van der Waals surface area contributed by atoms with E-state index < -0.39 is 0 Å². The molecule has 1 amide bonds. The zero-order chi connectivity index (χ0) is 14.8. The average molecular weight is 292 g/mol. The number of rotatable bonds is 3. The van der Waals surface area contributed by atoms with Crippen molar-refractivity contribution in [3.63, 3.8) is 0 Å². The highest BCUT2D eigenvalue weighted by Crippen LogP contribution is 2.23. The van der Waals surface area contributed by atoms with E-state index in [0.717, 1.165) is 11.3 Å². The third-order valence-corrected chi connectivity index (χ3v) is 3.13. The van der Waals surface area contributed by atoms with Gasteiger partial charge in [-0.05, 0) is 23.8 Å². The molecule has 2 rings (SSSR count). The molecule has 4 nitrogen and oxygen atoms in total. The van der Waals surface area contributed by atoms with Crippen molar-refractivity contribution >= 4 is 17.5 Å². The van der Waals surface area contributed by atoms with Gasteiger partial charge in [0.05, 0.1) is 0 Å². The number of aromatic amines is 1. The van der Waals surface area contributed by atoms with Gasteiger partial charge in [-0.15, -0.1) is 0 Å². The maximum atomic E-state index is 12.2. The van der Waals surface area contributed by atoms with Gasteiger partial charge in [-0.1, -0.05) is 32.4 Å². The van der Waals surface area contributed by atoms with Crippen molar-refractivity contribution in [1.29, 1.82) is 0 Å². The van der Waals surface area contributed by atoms with Gasteiger partial charge in [-0.2, -0.15) is 0 Å². The van der Waals surface area contributed by atoms with Crippen molar-refractivity contribution in [2.75, 3.05) is 0 Å². The molecule has 0 saturated carbocycles. The van der Waals surface area contributed by atoms with E-state index in [1.54, 1.807) is 12.1 Å². The molecule has 0 saturated heterocycles. The highest BCUT2D eigenvalue weighted by Gasteiger charge is 2.18. The Morgan fingerprint density at radius 2 is 2.15 bits per heavy atom. The Hall–Kier alpha value is -1.81. The summed E-state index contributed by atoms with van der Waals surface area (Å²) < 4.78 is 0. The maximum absolute atomic E-state index is 12.2. The second-order valence-corrected chi connectivity index (χ2v) is 6.10. The minimum atomic E-state index is -0.152. The van der Waals surface area contributed by atoms with Crippen LogP contribution in [0.25, 0.3) is 0 Å². The Labute approximate surface area is 123 Å². The fraction of sp³-hybridized carbons (Fsp3) is 0.333. The van der Waals surface area contributed by atoms with Crippen LogP contribution in [0.5, 0.6) is 0 Å². The van der Waals surface area contributed by atoms with Crippen molar-refractivity contribution in [3.8, 4) is 0 Å². The highest BCUT2D eigenvalue weighted by molar-refractivity contribution is 6.29. The number of carbonyl (C=O) groups excluding carboxylic acids is 1. The van der Waals surface area contributed by atoms with E-state index in [1.807, 2.05) is 39.2 Å². The van der Waals surface area contributed by atoms with E-state index in [1.165, 1.54) is 0 Å². The second-order valence-electron chi connectivity index (χ2n) is 5.72. The van der Waals surface area contributed by atoms with Crippen LogP contribution >= 0.6 is 11.6 Å². The molecule has 0 aliphatic carbocycles. The predicted octanol–water partition coefficient (Wildman–Crippen LogP) is 3.29.